The molecule has 0 saturated carbocycles. The van der Waals surface area contributed by atoms with Crippen LogP contribution in [0, 0.1) is 0 Å². The van der Waals surface area contributed by atoms with E-state index in [1.807, 2.05) is 0 Å². The normalized spacial score (nSPS) is 15.4. The summed E-state index contributed by atoms with van der Waals surface area (Å²) < 4.78 is 27.2. The molecule has 1 aromatic heterocycles. The lowest BCUT2D eigenvalue weighted by Crippen LogP contribution is -2.27. The number of benzene rings is 1. The molecule has 1 amide bonds. The van der Waals surface area contributed by atoms with Crippen LogP contribution in [0.15, 0.2) is 52.0 Å². The first-order valence-corrected chi connectivity index (χ1v) is 9.73. The van der Waals surface area contributed by atoms with E-state index in [1.165, 1.54) is 28.6 Å². The van der Waals surface area contributed by atoms with Crippen LogP contribution >= 0.6 is 15.9 Å². The van der Waals surface area contributed by atoms with Gasteiger partial charge in [0.05, 0.1) is 4.90 Å². The van der Waals surface area contributed by atoms with Crippen molar-refractivity contribution in [2.24, 2.45) is 0 Å². The van der Waals surface area contributed by atoms with E-state index >= 15 is 0 Å². The summed E-state index contributed by atoms with van der Waals surface area (Å²) in [7, 11) is -3.46. The van der Waals surface area contributed by atoms with E-state index in [2.05, 4.69) is 26.2 Å². The highest BCUT2D eigenvalue weighted by Crippen LogP contribution is 2.21. The highest BCUT2D eigenvalue weighted by atomic mass is 79.9. The lowest BCUT2D eigenvalue weighted by molar-refractivity contribution is 0.102. The fourth-order valence-corrected chi connectivity index (χ4v) is 4.25. The SMILES string of the molecule is O=C(Nc1ccc(Br)cn1)c1ccc(S(=O)(=O)N2CCCC2)cc1. The molecule has 2 aromatic rings. The predicted molar refractivity (Wildman–Crippen MR) is 94.3 cm³/mol. The number of hydrogen-bond acceptors (Lipinski definition) is 4. The van der Waals surface area contributed by atoms with Crippen LogP contribution in [-0.2, 0) is 10.0 Å². The van der Waals surface area contributed by atoms with Crippen molar-refractivity contribution in [3.63, 3.8) is 0 Å². The van der Waals surface area contributed by atoms with Gasteiger partial charge in [0.25, 0.3) is 5.91 Å². The topological polar surface area (TPSA) is 79.4 Å². The van der Waals surface area contributed by atoms with Crippen molar-refractivity contribution in [3.8, 4) is 0 Å². The van der Waals surface area contributed by atoms with Crippen LogP contribution in [0.2, 0.25) is 0 Å². The van der Waals surface area contributed by atoms with Gasteiger partial charge in [0.2, 0.25) is 10.0 Å². The molecule has 126 valence electrons. The minimum atomic E-state index is -3.46. The molecule has 1 fully saturated rings. The number of pyridine rings is 1. The average Bonchev–Trinajstić information content (AvgIpc) is 3.12. The number of amides is 1. The molecule has 8 heteroatoms. The predicted octanol–water partition coefficient (Wildman–Crippen LogP) is 2.88. The number of halogens is 1. The Labute approximate surface area is 149 Å². The van der Waals surface area contributed by atoms with Crippen LogP contribution in [0.1, 0.15) is 23.2 Å². The van der Waals surface area contributed by atoms with Gasteiger partial charge in [-0.15, -0.1) is 0 Å². The van der Waals surface area contributed by atoms with E-state index in [9.17, 15) is 13.2 Å². The van der Waals surface area contributed by atoms with Gasteiger partial charge in [-0.2, -0.15) is 4.31 Å². The quantitative estimate of drug-likeness (QED) is 0.841. The summed E-state index contributed by atoms with van der Waals surface area (Å²) in [6.07, 6.45) is 3.36. The molecule has 1 saturated heterocycles. The molecule has 0 bridgehead atoms. The van der Waals surface area contributed by atoms with Crippen LogP contribution < -0.4 is 5.32 Å². The van der Waals surface area contributed by atoms with Crippen molar-refractivity contribution in [2.45, 2.75) is 17.7 Å². The molecule has 2 heterocycles. The van der Waals surface area contributed by atoms with Crippen LogP contribution in [0.4, 0.5) is 5.82 Å². The smallest absolute Gasteiger partial charge is 0.256 e. The fourth-order valence-electron chi connectivity index (χ4n) is 2.49. The minimum absolute atomic E-state index is 0.211. The zero-order valence-corrected chi connectivity index (χ0v) is 15.2. The van der Waals surface area contributed by atoms with Gasteiger partial charge in [-0.1, -0.05) is 0 Å². The van der Waals surface area contributed by atoms with Crippen molar-refractivity contribution in [2.75, 3.05) is 18.4 Å². The number of hydrogen-bond donors (Lipinski definition) is 1. The fraction of sp³-hybridized carbons (Fsp3) is 0.250. The van der Waals surface area contributed by atoms with Crippen molar-refractivity contribution < 1.29 is 13.2 Å². The highest BCUT2D eigenvalue weighted by molar-refractivity contribution is 9.10. The van der Waals surface area contributed by atoms with Gasteiger partial charge < -0.3 is 5.32 Å². The van der Waals surface area contributed by atoms with Gasteiger partial charge >= 0.3 is 0 Å². The molecule has 0 unspecified atom stereocenters. The lowest BCUT2D eigenvalue weighted by atomic mass is 10.2. The third-order valence-electron chi connectivity index (χ3n) is 3.79. The van der Waals surface area contributed by atoms with Gasteiger partial charge in [0.1, 0.15) is 5.82 Å². The van der Waals surface area contributed by atoms with E-state index < -0.39 is 10.0 Å². The van der Waals surface area contributed by atoms with E-state index in [0.29, 0.717) is 24.5 Å². The molecule has 3 rings (SSSR count). The monoisotopic (exact) mass is 409 g/mol. The van der Waals surface area contributed by atoms with Gasteiger partial charge in [0, 0.05) is 29.3 Å². The highest BCUT2D eigenvalue weighted by Gasteiger charge is 2.27. The maximum absolute atomic E-state index is 12.4. The maximum Gasteiger partial charge on any atom is 0.256 e. The van der Waals surface area contributed by atoms with Crippen LogP contribution in [0.25, 0.3) is 0 Å². The second-order valence-corrected chi connectivity index (χ2v) is 8.30. The second kappa shape index (κ2) is 7.00. The summed E-state index contributed by atoms with van der Waals surface area (Å²) in [5.74, 6) is 0.0897. The zero-order chi connectivity index (χ0) is 17.2. The largest absolute Gasteiger partial charge is 0.307 e. The Balaban J connectivity index is 1.74. The Morgan fingerprint density at radius 3 is 2.33 bits per heavy atom. The van der Waals surface area contributed by atoms with Crippen molar-refractivity contribution in [1.82, 2.24) is 9.29 Å². The number of carbonyl (C=O) groups is 1. The summed E-state index contributed by atoms with van der Waals surface area (Å²) in [4.78, 5) is 16.5. The number of carbonyl (C=O) groups excluding carboxylic acids is 1. The number of nitrogens with one attached hydrogen (secondary N) is 1. The van der Waals surface area contributed by atoms with E-state index in [1.54, 1.807) is 18.3 Å². The average molecular weight is 410 g/mol. The van der Waals surface area contributed by atoms with Crippen LogP contribution in [0.3, 0.4) is 0 Å². The Morgan fingerprint density at radius 2 is 1.75 bits per heavy atom. The molecular formula is C16H16BrN3O3S. The van der Waals surface area contributed by atoms with Gasteiger partial charge in [-0.05, 0) is 65.2 Å². The second-order valence-electron chi connectivity index (χ2n) is 5.45. The standard InChI is InChI=1S/C16H16BrN3O3S/c17-13-5-8-15(18-11-13)19-16(21)12-3-6-14(7-4-12)24(22,23)20-9-1-2-10-20/h3-8,11H,1-2,9-10H2,(H,18,19,21). The molecule has 24 heavy (non-hydrogen) atoms. The lowest BCUT2D eigenvalue weighted by Gasteiger charge is -2.15. The van der Waals surface area contributed by atoms with Crippen molar-refractivity contribution >= 4 is 37.7 Å². The maximum atomic E-state index is 12.4. The molecule has 1 aromatic carbocycles. The van der Waals surface area contributed by atoms with Crippen LogP contribution in [0.5, 0.6) is 0 Å². The molecule has 6 nitrogen and oxygen atoms in total. The molecular weight excluding hydrogens is 394 g/mol. The molecule has 0 spiro atoms. The minimum Gasteiger partial charge on any atom is -0.307 e. The Kier molecular flexibility index (Phi) is 4.98. The van der Waals surface area contributed by atoms with E-state index in [4.69, 9.17) is 0 Å². The Bertz CT molecular complexity index is 830. The summed E-state index contributed by atoms with van der Waals surface area (Å²) in [6, 6.07) is 9.41. The van der Waals surface area contributed by atoms with E-state index in [0.717, 1.165) is 17.3 Å². The summed E-state index contributed by atoms with van der Waals surface area (Å²) in [5, 5.41) is 2.67. The van der Waals surface area contributed by atoms with Gasteiger partial charge in [-0.3, -0.25) is 4.79 Å². The van der Waals surface area contributed by atoms with E-state index in [-0.39, 0.29) is 10.8 Å². The molecule has 0 atom stereocenters. The Morgan fingerprint density at radius 1 is 1.08 bits per heavy atom. The van der Waals surface area contributed by atoms with Crippen molar-refractivity contribution in [3.05, 3.63) is 52.6 Å². The summed E-state index contributed by atoms with van der Waals surface area (Å²) in [6.45, 7) is 1.11. The third kappa shape index (κ3) is 3.66. The summed E-state index contributed by atoms with van der Waals surface area (Å²) in [5.41, 5.74) is 0.375. The number of aromatic nitrogens is 1. The van der Waals surface area contributed by atoms with Gasteiger partial charge in [0.15, 0.2) is 0 Å². The first-order valence-electron chi connectivity index (χ1n) is 7.50. The first kappa shape index (κ1) is 17.1. The summed E-state index contributed by atoms with van der Waals surface area (Å²) >= 11 is 3.27. The number of nitrogens with zero attached hydrogens (tertiary/aromatic N) is 2. The molecule has 0 radical (unpaired) electrons. The third-order valence-corrected chi connectivity index (χ3v) is 6.17. The molecule has 1 aliphatic heterocycles. The first-order chi connectivity index (χ1) is 11.5. The number of rotatable bonds is 4. The van der Waals surface area contributed by atoms with Crippen LogP contribution in [-0.4, -0.2) is 36.7 Å². The van der Waals surface area contributed by atoms with Gasteiger partial charge in [-0.25, -0.2) is 13.4 Å². The number of sulfonamides is 1. The Hall–Kier alpha value is -1.77. The molecule has 0 aliphatic carbocycles. The molecule has 1 aliphatic rings. The molecule has 1 N–H and O–H groups in total. The number of anilines is 1. The van der Waals surface area contributed by atoms with Crippen molar-refractivity contribution in [1.29, 1.82) is 0 Å². The zero-order valence-electron chi connectivity index (χ0n) is 12.8.